The Kier molecular flexibility index (Phi) is 6.31. The van der Waals surface area contributed by atoms with Crippen molar-refractivity contribution < 1.29 is 8.42 Å². The van der Waals surface area contributed by atoms with Crippen LogP contribution in [0.25, 0.3) is 0 Å². The van der Waals surface area contributed by atoms with E-state index in [1.54, 1.807) is 10.8 Å². The first-order chi connectivity index (χ1) is 8.53. The molecule has 0 aliphatic carbocycles. The fraction of sp³-hybridized carbons (Fsp3) is 0.727. The highest BCUT2D eigenvalue weighted by Crippen LogP contribution is 2.11. The number of aromatic nitrogens is 2. The molecule has 1 heterocycles. The van der Waals surface area contributed by atoms with Crippen molar-refractivity contribution in [2.24, 2.45) is 5.92 Å². The highest BCUT2D eigenvalue weighted by Gasteiger charge is 2.18. The summed E-state index contributed by atoms with van der Waals surface area (Å²) < 4.78 is 28.3. The van der Waals surface area contributed by atoms with Gasteiger partial charge >= 0.3 is 0 Å². The zero-order valence-electron chi connectivity index (χ0n) is 10.8. The Morgan fingerprint density at radius 2 is 2.22 bits per heavy atom. The fourth-order valence-corrected chi connectivity index (χ4v) is 3.27. The van der Waals surface area contributed by atoms with E-state index in [-0.39, 0.29) is 5.03 Å². The molecule has 0 aromatic carbocycles. The molecule has 0 radical (unpaired) electrons. The number of aryl methyl sites for hydroxylation is 1. The van der Waals surface area contributed by atoms with E-state index >= 15 is 0 Å². The van der Waals surface area contributed by atoms with E-state index in [2.05, 4.69) is 32.6 Å². The van der Waals surface area contributed by atoms with Crippen LogP contribution in [0.15, 0.2) is 17.6 Å². The monoisotopic (exact) mass is 337 g/mol. The van der Waals surface area contributed by atoms with Gasteiger partial charge in [-0.05, 0) is 19.3 Å². The van der Waals surface area contributed by atoms with Crippen molar-refractivity contribution in [1.82, 2.24) is 14.3 Å². The lowest BCUT2D eigenvalue weighted by Gasteiger charge is -2.13. The number of nitrogens with zero attached hydrogens (tertiary/aromatic N) is 2. The van der Waals surface area contributed by atoms with E-state index in [4.69, 9.17) is 0 Å². The maximum Gasteiger partial charge on any atom is 0.259 e. The van der Waals surface area contributed by atoms with Crippen LogP contribution >= 0.6 is 15.9 Å². The number of imidazole rings is 1. The Morgan fingerprint density at radius 1 is 1.50 bits per heavy atom. The molecule has 0 saturated carbocycles. The van der Waals surface area contributed by atoms with Crippen LogP contribution < -0.4 is 4.72 Å². The average molecular weight is 338 g/mol. The van der Waals surface area contributed by atoms with Gasteiger partial charge in [-0.1, -0.05) is 29.3 Å². The minimum atomic E-state index is -3.47. The molecule has 7 heteroatoms. The first-order valence-corrected chi connectivity index (χ1v) is 8.71. The lowest BCUT2D eigenvalue weighted by molar-refractivity contribution is 0.482. The molecule has 1 unspecified atom stereocenters. The summed E-state index contributed by atoms with van der Waals surface area (Å²) in [6, 6.07) is 0. The minimum Gasteiger partial charge on any atom is -0.336 e. The molecule has 0 fully saturated rings. The lowest BCUT2D eigenvalue weighted by Crippen LogP contribution is -2.29. The molecule has 1 aromatic rings. The largest absolute Gasteiger partial charge is 0.336 e. The second-order valence-electron chi connectivity index (χ2n) is 4.15. The first-order valence-electron chi connectivity index (χ1n) is 6.10. The number of halogens is 1. The lowest BCUT2D eigenvalue weighted by atomic mass is 10.0. The van der Waals surface area contributed by atoms with Crippen molar-refractivity contribution >= 4 is 26.0 Å². The highest BCUT2D eigenvalue weighted by molar-refractivity contribution is 9.09. The van der Waals surface area contributed by atoms with Crippen molar-refractivity contribution in [1.29, 1.82) is 0 Å². The van der Waals surface area contributed by atoms with Gasteiger partial charge in [0, 0.05) is 24.6 Å². The van der Waals surface area contributed by atoms with Crippen LogP contribution in [0.1, 0.15) is 26.7 Å². The van der Waals surface area contributed by atoms with Gasteiger partial charge in [-0.3, -0.25) is 0 Å². The number of rotatable bonds is 8. The number of hydrogen-bond donors (Lipinski definition) is 1. The van der Waals surface area contributed by atoms with E-state index in [9.17, 15) is 8.42 Å². The van der Waals surface area contributed by atoms with E-state index < -0.39 is 10.0 Å². The van der Waals surface area contributed by atoms with Gasteiger partial charge < -0.3 is 4.57 Å². The summed E-state index contributed by atoms with van der Waals surface area (Å²) in [6.07, 6.45) is 5.00. The second kappa shape index (κ2) is 7.25. The van der Waals surface area contributed by atoms with Crippen LogP contribution in [0, 0.1) is 5.92 Å². The highest BCUT2D eigenvalue weighted by atomic mass is 79.9. The first kappa shape index (κ1) is 15.7. The maximum absolute atomic E-state index is 12.0. The van der Waals surface area contributed by atoms with Crippen molar-refractivity contribution in [2.45, 2.75) is 38.3 Å². The van der Waals surface area contributed by atoms with E-state index in [1.165, 1.54) is 6.33 Å². The summed E-state index contributed by atoms with van der Waals surface area (Å²) in [6.45, 7) is 5.18. The number of hydrogen-bond acceptors (Lipinski definition) is 3. The van der Waals surface area contributed by atoms with E-state index in [0.29, 0.717) is 19.0 Å². The smallest absolute Gasteiger partial charge is 0.259 e. The predicted molar refractivity (Wildman–Crippen MR) is 75.3 cm³/mol. The van der Waals surface area contributed by atoms with Crippen molar-refractivity contribution in [2.75, 3.05) is 11.9 Å². The quantitative estimate of drug-likeness (QED) is 0.738. The Labute approximate surface area is 117 Å². The molecule has 1 N–H and O–H groups in total. The third kappa shape index (κ3) is 4.37. The molecule has 5 nitrogen and oxygen atoms in total. The van der Waals surface area contributed by atoms with Gasteiger partial charge in [0.1, 0.15) is 0 Å². The van der Waals surface area contributed by atoms with Crippen molar-refractivity contribution in [3.05, 3.63) is 12.5 Å². The van der Waals surface area contributed by atoms with Gasteiger partial charge in [0.25, 0.3) is 10.0 Å². The van der Waals surface area contributed by atoms with Crippen LogP contribution in [0.4, 0.5) is 0 Å². The molecule has 104 valence electrons. The Bertz CT molecular complexity index is 459. The number of alkyl halides is 1. The van der Waals surface area contributed by atoms with Crippen LogP contribution in [0.3, 0.4) is 0 Å². The molecule has 1 rings (SSSR count). The fourth-order valence-electron chi connectivity index (χ4n) is 1.56. The molecule has 0 aliphatic heterocycles. The zero-order chi connectivity index (χ0) is 13.6. The summed E-state index contributed by atoms with van der Waals surface area (Å²) in [7, 11) is -3.47. The predicted octanol–water partition coefficient (Wildman–Crippen LogP) is 1.99. The summed E-state index contributed by atoms with van der Waals surface area (Å²) >= 11 is 3.38. The molecule has 0 bridgehead atoms. The number of nitrogens with one attached hydrogen (secondary N) is 1. The van der Waals surface area contributed by atoms with Gasteiger partial charge in [-0.15, -0.1) is 0 Å². The average Bonchev–Trinajstić information content (AvgIpc) is 2.84. The summed E-state index contributed by atoms with van der Waals surface area (Å²) in [4.78, 5) is 3.91. The standard InChI is InChI=1S/C11H20BrN3O2S/c1-3-10(5-6-12)7-14-18(16,17)11-8-15(4-2)9-13-11/h8-10,14H,3-7H2,1-2H3. The second-order valence-corrected chi connectivity index (χ2v) is 6.65. The normalized spacial score (nSPS) is 13.7. The van der Waals surface area contributed by atoms with Gasteiger partial charge in [0.15, 0.2) is 5.03 Å². The Balaban J connectivity index is 2.64. The van der Waals surface area contributed by atoms with Gasteiger partial charge in [-0.25, -0.2) is 18.1 Å². The third-order valence-corrected chi connectivity index (χ3v) is 4.67. The summed E-state index contributed by atoms with van der Waals surface area (Å²) in [5.41, 5.74) is 0. The zero-order valence-corrected chi connectivity index (χ0v) is 13.2. The van der Waals surface area contributed by atoms with Crippen LogP contribution in [0.2, 0.25) is 0 Å². The Hall–Kier alpha value is -0.400. The topological polar surface area (TPSA) is 64.0 Å². The van der Waals surface area contributed by atoms with Crippen molar-refractivity contribution in [3.8, 4) is 0 Å². The Morgan fingerprint density at radius 3 is 2.72 bits per heavy atom. The minimum absolute atomic E-state index is 0.0954. The SMILES string of the molecule is CCC(CCBr)CNS(=O)(=O)c1cn(CC)cn1. The van der Waals surface area contributed by atoms with Crippen molar-refractivity contribution in [3.63, 3.8) is 0 Å². The molecule has 0 aliphatic rings. The molecule has 1 atom stereocenters. The maximum atomic E-state index is 12.0. The molecule has 0 amide bonds. The van der Waals surface area contributed by atoms with Crippen LogP contribution in [0.5, 0.6) is 0 Å². The molecule has 18 heavy (non-hydrogen) atoms. The summed E-state index contributed by atoms with van der Waals surface area (Å²) in [5.74, 6) is 0.354. The van der Waals surface area contributed by atoms with Crippen LogP contribution in [-0.2, 0) is 16.6 Å². The summed E-state index contributed by atoms with van der Waals surface area (Å²) in [5, 5.41) is 0.982. The molecular weight excluding hydrogens is 318 g/mol. The van der Waals surface area contributed by atoms with Gasteiger partial charge in [0.2, 0.25) is 0 Å². The molecular formula is C11H20BrN3O2S. The number of sulfonamides is 1. The molecule has 1 aromatic heterocycles. The van der Waals surface area contributed by atoms with Gasteiger partial charge in [-0.2, -0.15) is 0 Å². The van der Waals surface area contributed by atoms with E-state index in [1.807, 2.05) is 6.92 Å². The molecule has 0 spiro atoms. The van der Waals surface area contributed by atoms with Crippen LogP contribution in [-0.4, -0.2) is 29.8 Å². The van der Waals surface area contributed by atoms with Gasteiger partial charge in [0.05, 0.1) is 6.33 Å². The van der Waals surface area contributed by atoms with E-state index in [0.717, 1.165) is 18.2 Å². The third-order valence-electron chi connectivity index (χ3n) is 2.91. The molecule has 0 saturated heterocycles.